The van der Waals surface area contributed by atoms with Crippen molar-refractivity contribution in [1.82, 2.24) is 9.62 Å². The molecule has 0 radical (unpaired) electrons. The number of carboxylic acid groups (broad SMARTS) is 1. The Morgan fingerprint density at radius 3 is 2.61 bits per heavy atom. The van der Waals surface area contributed by atoms with Gasteiger partial charge in [-0.3, -0.25) is 4.79 Å². The summed E-state index contributed by atoms with van der Waals surface area (Å²) in [5.41, 5.74) is 1.77. The Morgan fingerprint density at radius 1 is 1.26 bits per heavy atom. The number of hydrogen-bond donors (Lipinski definition) is 2. The van der Waals surface area contributed by atoms with Gasteiger partial charge in [0.15, 0.2) is 0 Å². The average molecular weight is 379 g/mol. The molecule has 6 nitrogen and oxygen atoms in total. The maximum absolute atomic E-state index is 12.6. The molecule has 0 saturated carbocycles. The van der Waals surface area contributed by atoms with E-state index in [4.69, 9.17) is 5.11 Å². The van der Waals surface area contributed by atoms with Crippen LogP contribution in [0.1, 0.15) is 11.1 Å². The molecule has 2 aliphatic rings. The summed E-state index contributed by atoms with van der Waals surface area (Å²) < 4.78 is 26.8. The second-order valence-electron chi connectivity index (χ2n) is 5.42. The molecular weight excluding hydrogens is 360 g/mol. The van der Waals surface area contributed by atoms with Crippen LogP contribution < -0.4 is 5.32 Å². The van der Waals surface area contributed by atoms with E-state index in [-0.39, 0.29) is 12.4 Å². The number of halogens is 1. The molecule has 0 spiro atoms. The highest BCUT2D eigenvalue weighted by Crippen LogP contribution is 2.25. The third-order valence-electron chi connectivity index (χ3n) is 4.05. The zero-order valence-corrected chi connectivity index (χ0v) is 14.8. The maximum atomic E-state index is 12.6. The van der Waals surface area contributed by atoms with Gasteiger partial charge in [0.2, 0.25) is 10.0 Å². The first kappa shape index (κ1) is 18.5. The van der Waals surface area contributed by atoms with E-state index in [1.165, 1.54) is 4.31 Å². The van der Waals surface area contributed by atoms with Crippen LogP contribution >= 0.6 is 24.2 Å². The Hall–Kier alpha value is -0.800. The van der Waals surface area contributed by atoms with Gasteiger partial charge in [0.25, 0.3) is 0 Å². The predicted octanol–water partition coefficient (Wildman–Crippen LogP) is 0.945. The molecule has 2 aliphatic heterocycles. The number of nitrogens with one attached hydrogen (secondary N) is 1. The van der Waals surface area contributed by atoms with Crippen molar-refractivity contribution in [3.8, 4) is 0 Å². The third-order valence-corrected chi connectivity index (χ3v) is 6.88. The van der Waals surface area contributed by atoms with Crippen molar-refractivity contribution in [2.24, 2.45) is 0 Å². The quantitative estimate of drug-likeness (QED) is 0.814. The van der Waals surface area contributed by atoms with Gasteiger partial charge in [-0.15, -0.1) is 12.4 Å². The zero-order valence-electron chi connectivity index (χ0n) is 12.4. The van der Waals surface area contributed by atoms with Crippen molar-refractivity contribution in [2.75, 3.05) is 24.6 Å². The van der Waals surface area contributed by atoms with E-state index in [1.54, 1.807) is 30.0 Å². The van der Waals surface area contributed by atoms with E-state index in [0.29, 0.717) is 31.0 Å². The molecule has 3 rings (SSSR count). The number of rotatable bonds is 3. The molecular formula is C14H19ClN2O4S2. The third kappa shape index (κ3) is 3.83. The lowest BCUT2D eigenvalue weighted by molar-refractivity contribution is -0.139. The summed E-state index contributed by atoms with van der Waals surface area (Å²) in [6.07, 6.45) is 0.380. The SMILES string of the molecule is Cl.O=C(O)C1Cc2ccc(S(=O)(=O)N3CCSCC3)cc2CN1. The summed E-state index contributed by atoms with van der Waals surface area (Å²) in [6.45, 7) is 1.47. The number of nitrogens with zero attached hydrogens (tertiary/aromatic N) is 1. The minimum atomic E-state index is -3.45. The highest BCUT2D eigenvalue weighted by atomic mass is 35.5. The van der Waals surface area contributed by atoms with E-state index >= 15 is 0 Å². The molecule has 0 aliphatic carbocycles. The van der Waals surface area contributed by atoms with Crippen LogP contribution in [-0.4, -0.2) is 54.4 Å². The molecule has 1 fully saturated rings. The molecule has 1 aromatic rings. The van der Waals surface area contributed by atoms with E-state index in [2.05, 4.69) is 5.32 Å². The predicted molar refractivity (Wildman–Crippen MR) is 91.7 cm³/mol. The molecule has 1 aromatic carbocycles. The minimum Gasteiger partial charge on any atom is -0.480 e. The highest BCUT2D eigenvalue weighted by Gasteiger charge is 2.29. The molecule has 0 aromatic heterocycles. The highest BCUT2D eigenvalue weighted by molar-refractivity contribution is 7.99. The first-order valence-corrected chi connectivity index (χ1v) is 9.74. The monoisotopic (exact) mass is 378 g/mol. The number of sulfonamides is 1. The number of carbonyl (C=O) groups is 1. The van der Waals surface area contributed by atoms with Crippen LogP contribution in [0.4, 0.5) is 0 Å². The summed E-state index contributed by atoms with van der Waals surface area (Å²) in [5.74, 6) is 0.770. The molecule has 2 N–H and O–H groups in total. The van der Waals surface area contributed by atoms with Crippen LogP contribution in [0.25, 0.3) is 0 Å². The molecule has 2 heterocycles. The Kier molecular flexibility index (Phi) is 5.96. The lowest BCUT2D eigenvalue weighted by Gasteiger charge is -2.27. The number of aliphatic carboxylic acids is 1. The van der Waals surface area contributed by atoms with Crippen molar-refractivity contribution in [1.29, 1.82) is 0 Å². The minimum absolute atomic E-state index is 0. The van der Waals surface area contributed by atoms with Gasteiger partial charge in [-0.2, -0.15) is 16.1 Å². The first-order valence-electron chi connectivity index (χ1n) is 7.14. The Balaban J connectivity index is 0.00000192. The van der Waals surface area contributed by atoms with Gasteiger partial charge in [0, 0.05) is 31.1 Å². The first-order chi connectivity index (χ1) is 10.5. The van der Waals surface area contributed by atoms with Crippen molar-refractivity contribution >= 4 is 40.2 Å². The van der Waals surface area contributed by atoms with Crippen molar-refractivity contribution in [3.05, 3.63) is 29.3 Å². The van der Waals surface area contributed by atoms with Crippen LogP contribution in [0.15, 0.2) is 23.1 Å². The fourth-order valence-electron chi connectivity index (χ4n) is 2.76. The van der Waals surface area contributed by atoms with Crippen LogP contribution in [0.5, 0.6) is 0 Å². The molecule has 0 amide bonds. The molecule has 1 unspecified atom stereocenters. The van der Waals surface area contributed by atoms with Crippen molar-refractivity contribution < 1.29 is 18.3 Å². The summed E-state index contributed by atoms with van der Waals surface area (Å²) in [5, 5.41) is 12.0. The van der Waals surface area contributed by atoms with Gasteiger partial charge >= 0.3 is 5.97 Å². The van der Waals surface area contributed by atoms with Crippen LogP contribution in [0.3, 0.4) is 0 Å². The largest absolute Gasteiger partial charge is 0.480 e. The number of fused-ring (bicyclic) bond motifs is 1. The number of benzene rings is 1. The fourth-order valence-corrected chi connectivity index (χ4v) is 5.39. The van der Waals surface area contributed by atoms with Gasteiger partial charge in [-0.1, -0.05) is 6.07 Å². The van der Waals surface area contributed by atoms with Gasteiger partial charge in [0.05, 0.1) is 4.90 Å². The Labute approximate surface area is 146 Å². The second kappa shape index (κ2) is 7.40. The smallest absolute Gasteiger partial charge is 0.321 e. The molecule has 1 saturated heterocycles. The summed E-state index contributed by atoms with van der Waals surface area (Å²) in [6, 6.07) is 4.42. The van der Waals surface area contributed by atoms with Gasteiger partial charge in [-0.05, 0) is 29.7 Å². The summed E-state index contributed by atoms with van der Waals surface area (Å²) >= 11 is 1.76. The second-order valence-corrected chi connectivity index (χ2v) is 8.59. The van der Waals surface area contributed by atoms with E-state index < -0.39 is 22.0 Å². The van der Waals surface area contributed by atoms with Gasteiger partial charge in [0.1, 0.15) is 6.04 Å². The standard InChI is InChI=1S/C14H18N2O4S2.ClH/c17-14(18)13-8-10-1-2-12(7-11(10)9-15-13)22(19,20)16-3-5-21-6-4-16;/h1-2,7,13,15H,3-6,8-9H2,(H,17,18);1H. The molecule has 23 heavy (non-hydrogen) atoms. The zero-order chi connectivity index (χ0) is 15.7. The molecule has 1 atom stereocenters. The number of hydrogen-bond acceptors (Lipinski definition) is 5. The van der Waals surface area contributed by atoms with Crippen LogP contribution in [0, 0.1) is 0 Å². The summed E-state index contributed by atoms with van der Waals surface area (Å²) in [4.78, 5) is 11.3. The summed E-state index contributed by atoms with van der Waals surface area (Å²) in [7, 11) is -3.45. The van der Waals surface area contributed by atoms with E-state index in [9.17, 15) is 13.2 Å². The van der Waals surface area contributed by atoms with E-state index in [1.807, 2.05) is 0 Å². The Bertz CT molecular complexity index is 690. The normalized spacial score (nSPS) is 22.0. The molecule has 0 bridgehead atoms. The van der Waals surface area contributed by atoms with Crippen molar-refractivity contribution in [2.45, 2.75) is 23.9 Å². The van der Waals surface area contributed by atoms with Crippen LogP contribution in [0.2, 0.25) is 0 Å². The number of thioether (sulfide) groups is 1. The Morgan fingerprint density at radius 2 is 1.96 bits per heavy atom. The average Bonchev–Trinajstić information content (AvgIpc) is 2.54. The van der Waals surface area contributed by atoms with Gasteiger partial charge in [-0.25, -0.2) is 8.42 Å². The van der Waals surface area contributed by atoms with Gasteiger partial charge < -0.3 is 10.4 Å². The van der Waals surface area contributed by atoms with E-state index in [0.717, 1.165) is 22.6 Å². The maximum Gasteiger partial charge on any atom is 0.321 e. The van der Waals surface area contributed by atoms with Crippen LogP contribution in [-0.2, 0) is 27.8 Å². The lowest BCUT2D eigenvalue weighted by Crippen LogP contribution is -2.42. The number of carboxylic acids is 1. The fraction of sp³-hybridized carbons (Fsp3) is 0.500. The topological polar surface area (TPSA) is 86.7 Å². The van der Waals surface area contributed by atoms with Crippen molar-refractivity contribution in [3.63, 3.8) is 0 Å². The molecule has 128 valence electrons. The lowest BCUT2D eigenvalue weighted by atomic mass is 9.96. The molecule has 9 heteroatoms.